The molecular weight excluding hydrogens is 378 g/mol. The molecule has 0 bridgehead atoms. The monoisotopic (exact) mass is 405 g/mol. The molecule has 156 valence electrons. The van der Waals surface area contributed by atoms with Crippen LogP contribution in [0.15, 0.2) is 48.5 Å². The Kier molecular flexibility index (Phi) is 6.47. The number of nitrogens with zero attached hydrogens (tertiary/aromatic N) is 1. The molecule has 0 aliphatic heterocycles. The van der Waals surface area contributed by atoms with Crippen molar-refractivity contribution in [1.82, 2.24) is 4.98 Å². The van der Waals surface area contributed by atoms with Crippen molar-refractivity contribution in [2.75, 3.05) is 19.8 Å². The van der Waals surface area contributed by atoms with Gasteiger partial charge in [0, 0.05) is 11.1 Å². The van der Waals surface area contributed by atoms with E-state index in [2.05, 4.69) is 0 Å². The van der Waals surface area contributed by atoms with Gasteiger partial charge in [-0.25, -0.2) is 4.79 Å². The molecule has 0 saturated heterocycles. The van der Waals surface area contributed by atoms with Gasteiger partial charge >= 0.3 is 5.97 Å². The van der Waals surface area contributed by atoms with E-state index in [1.54, 1.807) is 0 Å². The maximum Gasteiger partial charge on any atom is 0.339 e. The summed E-state index contributed by atoms with van der Waals surface area (Å²) in [4.78, 5) is 17.9. The summed E-state index contributed by atoms with van der Waals surface area (Å²) >= 11 is 0. The van der Waals surface area contributed by atoms with Gasteiger partial charge in [-0.1, -0.05) is 24.6 Å². The highest BCUT2D eigenvalue weighted by molar-refractivity contribution is 6.05. The largest absolute Gasteiger partial charge is 0.494 e. The number of fused-ring (bicyclic) bond motifs is 2. The second-order valence-corrected chi connectivity index (χ2v) is 7.38. The van der Waals surface area contributed by atoms with Crippen LogP contribution in [-0.4, -0.2) is 30.8 Å². The SMILES string of the molecule is CCOc1ccc(OCCOC(=O)c2c3c(nc4ccccc24)CCCCC3)cc1. The quantitative estimate of drug-likeness (QED) is 0.310. The molecule has 3 aromatic rings. The van der Waals surface area contributed by atoms with E-state index in [0.717, 1.165) is 65.8 Å². The molecule has 5 nitrogen and oxygen atoms in total. The lowest BCUT2D eigenvalue weighted by Gasteiger charge is -2.15. The van der Waals surface area contributed by atoms with Crippen LogP contribution in [0, 0.1) is 0 Å². The highest BCUT2D eigenvalue weighted by Crippen LogP contribution is 2.29. The lowest BCUT2D eigenvalue weighted by Crippen LogP contribution is -2.16. The Morgan fingerprint density at radius 2 is 1.63 bits per heavy atom. The van der Waals surface area contributed by atoms with E-state index in [-0.39, 0.29) is 12.6 Å². The predicted molar refractivity (Wildman–Crippen MR) is 116 cm³/mol. The summed E-state index contributed by atoms with van der Waals surface area (Å²) in [6.07, 6.45) is 5.15. The fraction of sp³-hybridized carbons (Fsp3) is 0.360. The van der Waals surface area contributed by atoms with Crippen molar-refractivity contribution in [2.24, 2.45) is 0 Å². The lowest BCUT2D eigenvalue weighted by molar-refractivity contribution is 0.0451. The molecule has 1 aliphatic rings. The lowest BCUT2D eigenvalue weighted by atomic mass is 9.97. The van der Waals surface area contributed by atoms with Gasteiger partial charge in [0.25, 0.3) is 0 Å². The van der Waals surface area contributed by atoms with Crippen molar-refractivity contribution in [2.45, 2.75) is 39.0 Å². The van der Waals surface area contributed by atoms with Crippen molar-refractivity contribution >= 4 is 16.9 Å². The number of para-hydroxylation sites is 1. The van der Waals surface area contributed by atoms with E-state index in [1.807, 2.05) is 55.5 Å². The number of carbonyl (C=O) groups is 1. The number of aromatic nitrogens is 1. The number of rotatable bonds is 7. The molecule has 1 aromatic heterocycles. The van der Waals surface area contributed by atoms with Crippen LogP contribution in [0.5, 0.6) is 11.5 Å². The topological polar surface area (TPSA) is 57.7 Å². The Labute approximate surface area is 177 Å². The number of pyridine rings is 1. The zero-order chi connectivity index (χ0) is 20.8. The smallest absolute Gasteiger partial charge is 0.339 e. The van der Waals surface area contributed by atoms with Gasteiger partial charge in [-0.05, 0) is 68.5 Å². The third-order valence-corrected chi connectivity index (χ3v) is 5.34. The molecule has 1 aliphatic carbocycles. The number of hydrogen-bond acceptors (Lipinski definition) is 5. The predicted octanol–water partition coefficient (Wildman–Crippen LogP) is 5.14. The standard InChI is InChI=1S/C25H27NO4/c1-2-28-18-12-14-19(15-13-18)29-16-17-30-25(27)24-20-8-4-3-5-10-22(20)26-23-11-7-6-9-21(23)24/h6-7,9,11-15H,2-5,8,10,16-17H2,1H3. The number of ether oxygens (including phenoxy) is 3. The van der Waals surface area contributed by atoms with Crippen LogP contribution in [0.4, 0.5) is 0 Å². The van der Waals surface area contributed by atoms with Crippen molar-refractivity contribution in [3.8, 4) is 11.5 Å². The molecule has 5 heteroatoms. The molecule has 2 aromatic carbocycles. The van der Waals surface area contributed by atoms with Gasteiger partial charge in [-0.2, -0.15) is 0 Å². The van der Waals surface area contributed by atoms with Crippen molar-refractivity contribution < 1.29 is 19.0 Å². The first-order valence-corrected chi connectivity index (χ1v) is 10.7. The third kappa shape index (κ3) is 4.56. The van der Waals surface area contributed by atoms with Crippen LogP contribution in [0.1, 0.15) is 47.8 Å². The average molecular weight is 405 g/mol. The average Bonchev–Trinajstić information content (AvgIpc) is 3.01. The second-order valence-electron chi connectivity index (χ2n) is 7.38. The van der Waals surface area contributed by atoms with Crippen LogP contribution >= 0.6 is 0 Å². The van der Waals surface area contributed by atoms with Gasteiger partial charge in [0.15, 0.2) is 0 Å². The molecule has 0 radical (unpaired) electrons. The van der Waals surface area contributed by atoms with Gasteiger partial charge in [0.2, 0.25) is 0 Å². The molecule has 1 heterocycles. The van der Waals surface area contributed by atoms with E-state index in [1.165, 1.54) is 0 Å². The third-order valence-electron chi connectivity index (χ3n) is 5.34. The van der Waals surface area contributed by atoms with Crippen LogP contribution < -0.4 is 9.47 Å². The molecule has 0 saturated carbocycles. The van der Waals surface area contributed by atoms with Crippen molar-refractivity contribution in [3.05, 3.63) is 65.4 Å². The molecule has 4 rings (SSSR count). The summed E-state index contributed by atoms with van der Waals surface area (Å²) in [5, 5.41) is 0.871. The summed E-state index contributed by atoms with van der Waals surface area (Å²) in [6, 6.07) is 15.3. The molecule has 0 atom stereocenters. The van der Waals surface area contributed by atoms with E-state index >= 15 is 0 Å². The second kappa shape index (κ2) is 9.61. The zero-order valence-corrected chi connectivity index (χ0v) is 17.4. The Balaban J connectivity index is 1.45. The Hall–Kier alpha value is -3.08. The molecule has 0 fully saturated rings. The van der Waals surface area contributed by atoms with Gasteiger partial charge in [-0.3, -0.25) is 4.98 Å². The minimum absolute atomic E-state index is 0.192. The van der Waals surface area contributed by atoms with Crippen molar-refractivity contribution in [3.63, 3.8) is 0 Å². The highest BCUT2D eigenvalue weighted by atomic mass is 16.6. The summed E-state index contributed by atoms with van der Waals surface area (Å²) in [5.74, 6) is 1.24. The summed E-state index contributed by atoms with van der Waals surface area (Å²) < 4.78 is 16.7. The van der Waals surface area contributed by atoms with E-state index in [9.17, 15) is 4.79 Å². The molecule has 0 unspecified atom stereocenters. The Bertz CT molecular complexity index is 1010. The number of carbonyl (C=O) groups excluding carboxylic acids is 1. The van der Waals surface area contributed by atoms with E-state index < -0.39 is 0 Å². The van der Waals surface area contributed by atoms with E-state index in [0.29, 0.717) is 18.8 Å². The van der Waals surface area contributed by atoms with Crippen LogP contribution in [-0.2, 0) is 17.6 Å². The van der Waals surface area contributed by atoms with E-state index in [4.69, 9.17) is 19.2 Å². The van der Waals surface area contributed by atoms with Crippen molar-refractivity contribution in [1.29, 1.82) is 0 Å². The van der Waals surface area contributed by atoms with Gasteiger partial charge in [-0.15, -0.1) is 0 Å². The molecule has 0 spiro atoms. The molecule has 0 amide bonds. The molecule has 0 N–H and O–H groups in total. The fourth-order valence-corrected chi connectivity index (χ4v) is 3.95. The van der Waals surface area contributed by atoms with Crippen LogP contribution in [0.3, 0.4) is 0 Å². The number of esters is 1. The normalized spacial score (nSPS) is 13.4. The number of aryl methyl sites for hydroxylation is 1. The summed E-state index contributed by atoms with van der Waals surface area (Å²) in [5.41, 5.74) is 3.64. The van der Waals surface area contributed by atoms with Gasteiger partial charge in [0.05, 0.1) is 17.7 Å². The first-order valence-electron chi connectivity index (χ1n) is 10.7. The summed E-state index contributed by atoms with van der Waals surface area (Å²) in [7, 11) is 0. The first kappa shape index (κ1) is 20.2. The first-order chi connectivity index (χ1) is 14.8. The highest BCUT2D eigenvalue weighted by Gasteiger charge is 2.22. The minimum atomic E-state index is -0.290. The maximum atomic E-state index is 13.0. The van der Waals surface area contributed by atoms with Crippen LogP contribution in [0.2, 0.25) is 0 Å². The maximum absolute atomic E-state index is 13.0. The number of benzene rings is 2. The summed E-state index contributed by atoms with van der Waals surface area (Å²) in [6.45, 7) is 3.07. The number of hydrogen-bond donors (Lipinski definition) is 0. The Morgan fingerprint density at radius 1 is 0.900 bits per heavy atom. The molecule has 30 heavy (non-hydrogen) atoms. The van der Waals surface area contributed by atoms with Gasteiger partial charge in [0.1, 0.15) is 24.7 Å². The van der Waals surface area contributed by atoms with Gasteiger partial charge < -0.3 is 14.2 Å². The Morgan fingerprint density at radius 3 is 2.43 bits per heavy atom. The fourth-order valence-electron chi connectivity index (χ4n) is 3.95. The molecular formula is C25H27NO4. The zero-order valence-electron chi connectivity index (χ0n) is 17.4. The van der Waals surface area contributed by atoms with Crippen LogP contribution in [0.25, 0.3) is 10.9 Å². The minimum Gasteiger partial charge on any atom is -0.494 e.